The average molecular weight is 459 g/mol. The topological polar surface area (TPSA) is 59.3 Å². The Kier molecular flexibility index (Phi) is 6.49. The number of halogens is 1. The molecule has 0 N–H and O–H groups in total. The van der Waals surface area contributed by atoms with Crippen molar-refractivity contribution in [2.24, 2.45) is 0 Å². The molecule has 0 unspecified atom stereocenters. The second kappa shape index (κ2) is 10.0. The number of anilines is 1. The minimum absolute atomic E-state index is 0.0744. The lowest BCUT2D eigenvalue weighted by Gasteiger charge is -2.40. The smallest absolute Gasteiger partial charge is 0.173 e. The van der Waals surface area contributed by atoms with Gasteiger partial charge in [-0.1, -0.05) is 42.5 Å². The molecule has 1 atom stereocenters. The van der Waals surface area contributed by atoms with Gasteiger partial charge in [0.15, 0.2) is 5.82 Å². The first-order valence-corrected chi connectivity index (χ1v) is 11.4. The number of piperazine rings is 1. The van der Waals surface area contributed by atoms with Crippen molar-refractivity contribution in [2.75, 3.05) is 38.2 Å². The van der Waals surface area contributed by atoms with Crippen molar-refractivity contribution in [1.29, 1.82) is 0 Å². The quantitative estimate of drug-likeness (QED) is 0.420. The third-order valence-electron chi connectivity index (χ3n) is 6.28. The van der Waals surface area contributed by atoms with Gasteiger partial charge in [0.1, 0.15) is 11.6 Å². The molecular weight excluding hydrogens is 431 g/mol. The van der Waals surface area contributed by atoms with E-state index in [-0.39, 0.29) is 11.9 Å². The van der Waals surface area contributed by atoms with Gasteiger partial charge in [0, 0.05) is 31.9 Å². The van der Waals surface area contributed by atoms with Crippen molar-refractivity contribution in [3.63, 3.8) is 0 Å². The summed E-state index contributed by atoms with van der Waals surface area (Å²) in [5.41, 5.74) is 3.29. The Hall–Kier alpha value is -3.78. The van der Waals surface area contributed by atoms with Gasteiger partial charge < -0.3 is 9.64 Å². The lowest BCUT2D eigenvalue weighted by atomic mass is 10.0. The van der Waals surface area contributed by atoms with E-state index in [4.69, 9.17) is 4.74 Å². The van der Waals surface area contributed by atoms with Crippen LogP contribution in [0, 0.1) is 5.82 Å². The van der Waals surface area contributed by atoms with Crippen LogP contribution in [0.3, 0.4) is 0 Å². The molecule has 5 rings (SSSR count). The maximum Gasteiger partial charge on any atom is 0.173 e. The molecule has 0 amide bonds. The Bertz CT molecular complexity index is 1190. The van der Waals surface area contributed by atoms with Gasteiger partial charge in [0.05, 0.1) is 19.7 Å². The molecule has 174 valence electrons. The molecule has 0 saturated carbocycles. The van der Waals surface area contributed by atoms with E-state index in [1.165, 1.54) is 17.8 Å². The zero-order chi connectivity index (χ0) is 23.3. The van der Waals surface area contributed by atoms with E-state index in [2.05, 4.69) is 49.6 Å². The van der Waals surface area contributed by atoms with Crippen LogP contribution in [0.15, 0.2) is 78.9 Å². The predicted molar refractivity (Wildman–Crippen MR) is 128 cm³/mol. The molecule has 4 aromatic rings. The summed E-state index contributed by atoms with van der Waals surface area (Å²) in [6, 6.07) is 25.0. The van der Waals surface area contributed by atoms with E-state index in [1.54, 1.807) is 19.2 Å². The summed E-state index contributed by atoms with van der Waals surface area (Å²) >= 11 is 0. The van der Waals surface area contributed by atoms with Gasteiger partial charge in [-0.05, 0) is 58.0 Å². The number of ether oxygens (including phenoxy) is 1. The normalized spacial score (nSPS) is 15.3. The fraction of sp³-hybridized carbons (Fsp3) is 0.269. The Labute approximate surface area is 198 Å². The monoisotopic (exact) mass is 458 g/mol. The highest BCUT2D eigenvalue weighted by Crippen LogP contribution is 2.29. The second-order valence-electron chi connectivity index (χ2n) is 8.36. The molecule has 0 radical (unpaired) electrons. The van der Waals surface area contributed by atoms with Crippen molar-refractivity contribution in [2.45, 2.75) is 12.6 Å². The molecule has 1 aromatic heterocycles. The largest absolute Gasteiger partial charge is 0.497 e. The molecular formula is C26H27FN6O. The lowest BCUT2D eigenvalue weighted by Crippen LogP contribution is -2.48. The molecule has 1 saturated heterocycles. The summed E-state index contributed by atoms with van der Waals surface area (Å²) in [7, 11) is 1.68. The van der Waals surface area contributed by atoms with Crippen molar-refractivity contribution in [3.8, 4) is 5.75 Å². The van der Waals surface area contributed by atoms with Crippen LogP contribution in [-0.2, 0) is 6.54 Å². The number of hydrogen-bond donors (Lipinski definition) is 0. The molecule has 3 aromatic carbocycles. The van der Waals surface area contributed by atoms with Gasteiger partial charge in [-0.2, -0.15) is 0 Å². The number of tetrazole rings is 1. The number of nitrogens with zero attached hydrogens (tertiary/aromatic N) is 6. The van der Waals surface area contributed by atoms with Crippen LogP contribution in [0.25, 0.3) is 0 Å². The molecule has 0 bridgehead atoms. The van der Waals surface area contributed by atoms with Gasteiger partial charge in [0.25, 0.3) is 0 Å². The fourth-order valence-electron chi connectivity index (χ4n) is 4.47. The first-order valence-electron chi connectivity index (χ1n) is 11.4. The van der Waals surface area contributed by atoms with Gasteiger partial charge in [-0.15, -0.1) is 5.10 Å². The van der Waals surface area contributed by atoms with E-state index in [1.807, 2.05) is 35.0 Å². The molecule has 7 nitrogen and oxygen atoms in total. The highest BCUT2D eigenvalue weighted by molar-refractivity contribution is 5.49. The number of hydrogen-bond acceptors (Lipinski definition) is 6. The summed E-state index contributed by atoms with van der Waals surface area (Å²) in [4.78, 5) is 4.82. The minimum atomic E-state index is -0.252. The van der Waals surface area contributed by atoms with Crippen molar-refractivity contribution in [3.05, 3.63) is 102 Å². The van der Waals surface area contributed by atoms with E-state index in [0.717, 1.165) is 48.9 Å². The number of methoxy groups -OCH3 is 1. The number of rotatable bonds is 7. The van der Waals surface area contributed by atoms with Gasteiger partial charge >= 0.3 is 0 Å². The van der Waals surface area contributed by atoms with Gasteiger partial charge in [-0.3, -0.25) is 4.90 Å². The maximum absolute atomic E-state index is 13.4. The van der Waals surface area contributed by atoms with Crippen LogP contribution < -0.4 is 9.64 Å². The van der Waals surface area contributed by atoms with Crippen LogP contribution >= 0.6 is 0 Å². The Morgan fingerprint density at radius 2 is 1.59 bits per heavy atom. The van der Waals surface area contributed by atoms with E-state index in [0.29, 0.717) is 6.54 Å². The second-order valence-corrected chi connectivity index (χ2v) is 8.36. The molecule has 1 aliphatic rings. The average Bonchev–Trinajstić information content (AvgIpc) is 3.34. The predicted octanol–water partition coefficient (Wildman–Crippen LogP) is 3.78. The van der Waals surface area contributed by atoms with Crippen LogP contribution in [0.1, 0.15) is 23.0 Å². The van der Waals surface area contributed by atoms with Crippen LogP contribution in [0.2, 0.25) is 0 Å². The van der Waals surface area contributed by atoms with Crippen LogP contribution in [0.5, 0.6) is 5.75 Å². The zero-order valence-electron chi connectivity index (χ0n) is 19.1. The van der Waals surface area contributed by atoms with Crippen molar-refractivity contribution in [1.82, 2.24) is 25.1 Å². The fourth-order valence-corrected chi connectivity index (χ4v) is 4.47. The molecule has 0 aliphatic carbocycles. The molecule has 0 spiro atoms. The van der Waals surface area contributed by atoms with E-state index in [9.17, 15) is 4.39 Å². The molecule has 34 heavy (non-hydrogen) atoms. The van der Waals surface area contributed by atoms with E-state index < -0.39 is 0 Å². The van der Waals surface area contributed by atoms with Gasteiger partial charge in [0.2, 0.25) is 0 Å². The highest BCUT2D eigenvalue weighted by atomic mass is 19.1. The first kappa shape index (κ1) is 22.0. The first-order chi connectivity index (χ1) is 16.7. The maximum atomic E-state index is 13.4. The highest BCUT2D eigenvalue weighted by Gasteiger charge is 2.30. The lowest BCUT2D eigenvalue weighted by molar-refractivity contribution is 0.201. The summed E-state index contributed by atoms with van der Waals surface area (Å²) < 4.78 is 20.5. The van der Waals surface area contributed by atoms with Crippen molar-refractivity contribution < 1.29 is 9.13 Å². The SMILES string of the molecule is COc1ccc(N2CCN([C@H](c3ccccc3)c3nnnn3Cc3ccc(F)cc3)CC2)cc1. The Balaban J connectivity index is 1.38. The van der Waals surface area contributed by atoms with Crippen molar-refractivity contribution >= 4 is 5.69 Å². The van der Waals surface area contributed by atoms with E-state index >= 15 is 0 Å². The zero-order valence-corrected chi connectivity index (χ0v) is 19.1. The standard InChI is InChI=1S/C26H27FN6O/c1-34-24-13-11-23(12-14-24)31-15-17-32(18-16-31)25(21-5-3-2-4-6-21)26-28-29-30-33(26)19-20-7-9-22(27)10-8-20/h2-14,25H,15-19H2,1H3/t25-/m1/s1. The molecule has 2 heterocycles. The summed E-state index contributed by atoms with van der Waals surface area (Å²) in [5, 5.41) is 12.7. The van der Waals surface area contributed by atoms with Gasteiger partial charge in [-0.25, -0.2) is 9.07 Å². The molecule has 1 fully saturated rings. The summed E-state index contributed by atoms with van der Waals surface area (Å²) in [5.74, 6) is 1.39. The third kappa shape index (κ3) is 4.77. The Morgan fingerprint density at radius 1 is 0.882 bits per heavy atom. The summed E-state index contributed by atoms with van der Waals surface area (Å²) in [6.07, 6.45) is 0. The Morgan fingerprint density at radius 3 is 2.26 bits per heavy atom. The summed E-state index contributed by atoms with van der Waals surface area (Å²) in [6.45, 7) is 4.02. The van der Waals surface area contributed by atoms with Crippen LogP contribution in [0.4, 0.5) is 10.1 Å². The number of aromatic nitrogens is 4. The minimum Gasteiger partial charge on any atom is -0.497 e. The number of benzene rings is 3. The molecule has 8 heteroatoms. The third-order valence-corrected chi connectivity index (χ3v) is 6.28. The van der Waals surface area contributed by atoms with Crippen LogP contribution in [-0.4, -0.2) is 58.4 Å². The molecule has 1 aliphatic heterocycles.